The number of para-hydroxylation sites is 1. The van der Waals surface area contributed by atoms with Gasteiger partial charge in [0.2, 0.25) is 17.7 Å². The van der Waals surface area contributed by atoms with Crippen molar-refractivity contribution in [1.82, 2.24) is 10.2 Å². The zero-order valence-electron chi connectivity index (χ0n) is 15.2. The SMILES string of the molecule is O=C(CCc1nnc(-c2ccsc2)o1)Nc1ccc(Oc2ccccc2Cl)cc1. The summed E-state index contributed by atoms with van der Waals surface area (Å²) in [5.74, 6) is 1.97. The van der Waals surface area contributed by atoms with Crippen molar-refractivity contribution in [3.05, 3.63) is 76.3 Å². The first-order valence-corrected chi connectivity index (χ1v) is 10.2. The van der Waals surface area contributed by atoms with Crippen molar-refractivity contribution < 1.29 is 13.9 Å². The van der Waals surface area contributed by atoms with Crippen LogP contribution in [-0.4, -0.2) is 16.1 Å². The number of nitrogens with one attached hydrogen (secondary N) is 1. The van der Waals surface area contributed by atoms with Gasteiger partial charge in [-0.3, -0.25) is 4.79 Å². The van der Waals surface area contributed by atoms with Gasteiger partial charge in [0, 0.05) is 29.5 Å². The van der Waals surface area contributed by atoms with Crippen LogP contribution in [0.15, 0.2) is 69.8 Å². The van der Waals surface area contributed by atoms with E-state index in [9.17, 15) is 4.79 Å². The number of hydrogen-bond acceptors (Lipinski definition) is 6. The van der Waals surface area contributed by atoms with Gasteiger partial charge >= 0.3 is 0 Å². The molecule has 2 aromatic carbocycles. The molecule has 0 spiro atoms. The first-order chi connectivity index (χ1) is 14.2. The number of nitrogens with zero attached hydrogens (tertiary/aromatic N) is 2. The molecule has 0 saturated carbocycles. The summed E-state index contributed by atoms with van der Waals surface area (Å²) in [7, 11) is 0. The van der Waals surface area contributed by atoms with Crippen molar-refractivity contribution in [1.29, 1.82) is 0 Å². The van der Waals surface area contributed by atoms with Gasteiger partial charge < -0.3 is 14.5 Å². The monoisotopic (exact) mass is 425 g/mol. The molecule has 2 heterocycles. The van der Waals surface area contributed by atoms with E-state index in [2.05, 4.69) is 15.5 Å². The molecule has 1 N–H and O–H groups in total. The van der Waals surface area contributed by atoms with Gasteiger partial charge in [0.25, 0.3) is 0 Å². The summed E-state index contributed by atoms with van der Waals surface area (Å²) >= 11 is 7.65. The lowest BCUT2D eigenvalue weighted by atomic mass is 10.2. The summed E-state index contributed by atoms with van der Waals surface area (Å²) in [6.45, 7) is 0. The van der Waals surface area contributed by atoms with E-state index in [1.165, 1.54) is 0 Å². The van der Waals surface area contributed by atoms with E-state index in [0.717, 1.165) is 5.56 Å². The Kier molecular flexibility index (Phi) is 5.88. The molecular weight excluding hydrogens is 410 g/mol. The average Bonchev–Trinajstić information content (AvgIpc) is 3.41. The first kappa shape index (κ1) is 19.2. The maximum atomic E-state index is 12.2. The third-order valence-corrected chi connectivity index (χ3v) is 5.00. The number of ether oxygens (including phenoxy) is 1. The molecule has 8 heteroatoms. The van der Waals surface area contributed by atoms with Crippen LogP contribution in [0.1, 0.15) is 12.3 Å². The van der Waals surface area contributed by atoms with Crippen LogP contribution in [-0.2, 0) is 11.2 Å². The molecule has 29 heavy (non-hydrogen) atoms. The number of anilines is 1. The minimum Gasteiger partial charge on any atom is -0.456 e. The van der Waals surface area contributed by atoms with Crippen LogP contribution in [0.3, 0.4) is 0 Å². The van der Waals surface area contributed by atoms with E-state index >= 15 is 0 Å². The van der Waals surface area contributed by atoms with Crippen LogP contribution >= 0.6 is 22.9 Å². The molecule has 2 aromatic heterocycles. The summed E-state index contributed by atoms with van der Waals surface area (Å²) < 4.78 is 11.3. The highest BCUT2D eigenvalue weighted by atomic mass is 35.5. The number of halogens is 1. The van der Waals surface area contributed by atoms with Crippen LogP contribution in [0.4, 0.5) is 5.69 Å². The van der Waals surface area contributed by atoms with Gasteiger partial charge in [-0.1, -0.05) is 23.7 Å². The lowest BCUT2D eigenvalue weighted by Crippen LogP contribution is -2.12. The van der Waals surface area contributed by atoms with Crippen molar-refractivity contribution in [3.8, 4) is 23.0 Å². The number of benzene rings is 2. The summed E-state index contributed by atoms with van der Waals surface area (Å²) in [5, 5.41) is 15.2. The molecule has 146 valence electrons. The second-order valence-corrected chi connectivity index (χ2v) is 7.31. The largest absolute Gasteiger partial charge is 0.456 e. The highest BCUT2D eigenvalue weighted by Crippen LogP contribution is 2.29. The fraction of sp³-hybridized carbons (Fsp3) is 0.0952. The van der Waals surface area contributed by atoms with Crippen molar-refractivity contribution in [3.63, 3.8) is 0 Å². The quantitative estimate of drug-likeness (QED) is 0.404. The number of thiophene rings is 1. The van der Waals surface area contributed by atoms with Gasteiger partial charge in [0.1, 0.15) is 11.5 Å². The summed E-state index contributed by atoms with van der Waals surface area (Å²) in [6.07, 6.45) is 0.611. The molecule has 0 aliphatic rings. The number of amides is 1. The molecule has 0 bridgehead atoms. The van der Waals surface area contributed by atoms with Gasteiger partial charge in [-0.05, 0) is 47.8 Å². The highest BCUT2D eigenvalue weighted by Gasteiger charge is 2.11. The Morgan fingerprint density at radius 2 is 1.93 bits per heavy atom. The molecule has 0 aliphatic heterocycles. The van der Waals surface area contributed by atoms with Crippen molar-refractivity contribution in [2.75, 3.05) is 5.32 Å². The third-order valence-electron chi connectivity index (χ3n) is 4.00. The third kappa shape index (κ3) is 5.01. The van der Waals surface area contributed by atoms with Crippen molar-refractivity contribution >= 4 is 34.5 Å². The fourth-order valence-corrected chi connectivity index (χ4v) is 3.37. The maximum Gasteiger partial charge on any atom is 0.248 e. The van der Waals surface area contributed by atoms with Crippen LogP contribution in [0.2, 0.25) is 5.02 Å². The van der Waals surface area contributed by atoms with E-state index in [1.54, 1.807) is 47.7 Å². The molecule has 1 amide bonds. The van der Waals surface area contributed by atoms with Gasteiger partial charge in [-0.15, -0.1) is 10.2 Å². The van der Waals surface area contributed by atoms with Crippen molar-refractivity contribution in [2.24, 2.45) is 0 Å². The topological polar surface area (TPSA) is 77.2 Å². The number of aryl methyl sites for hydroxylation is 1. The molecule has 0 atom stereocenters. The molecule has 0 unspecified atom stereocenters. The molecule has 4 aromatic rings. The molecule has 6 nitrogen and oxygen atoms in total. The number of hydrogen-bond donors (Lipinski definition) is 1. The normalized spacial score (nSPS) is 10.7. The standard InChI is InChI=1S/C21H16ClN3O3S/c22-17-3-1-2-4-18(17)27-16-7-5-15(6-8-16)23-19(26)9-10-20-24-25-21(28-20)14-11-12-29-13-14/h1-8,11-13H,9-10H2,(H,23,26). The molecule has 0 radical (unpaired) electrons. The minimum atomic E-state index is -0.139. The Hall–Kier alpha value is -3.16. The average molecular weight is 426 g/mol. The lowest BCUT2D eigenvalue weighted by molar-refractivity contribution is -0.116. The smallest absolute Gasteiger partial charge is 0.248 e. The molecule has 0 saturated heterocycles. The lowest BCUT2D eigenvalue weighted by Gasteiger charge is -2.09. The Balaban J connectivity index is 1.29. The van der Waals surface area contributed by atoms with E-state index in [4.69, 9.17) is 20.8 Å². The summed E-state index contributed by atoms with van der Waals surface area (Å²) in [5.41, 5.74) is 1.56. The van der Waals surface area contributed by atoms with E-state index in [0.29, 0.717) is 40.4 Å². The van der Waals surface area contributed by atoms with Crippen LogP contribution < -0.4 is 10.1 Å². The predicted molar refractivity (Wildman–Crippen MR) is 113 cm³/mol. The van der Waals surface area contributed by atoms with Gasteiger partial charge in [0.15, 0.2) is 0 Å². The maximum absolute atomic E-state index is 12.2. The summed E-state index contributed by atoms with van der Waals surface area (Å²) in [4.78, 5) is 12.2. The molecule has 4 rings (SSSR count). The summed E-state index contributed by atoms with van der Waals surface area (Å²) in [6, 6.07) is 16.2. The van der Waals surface area contributed by atoms with Gasteiger partial charge in [-0.2, -0.15) is 11.3 Å². The zero-order chi connectivity index (χ0) is 20.1. The van der Waals surface area contributed by atoms with Crippen molar-refractivity contribution in [2.45, 2.75) is 12.8 Å². The second-order valence-electron chi connectivity index (χ2n) is 6.12. The first-order valence-electron chi connectivity index (χ1n) is 8.84. The molecule has 0 fully saturated rings. The van der Waals surface area contributed by atoms with E-state index in [-0.39, 0.29) is 12.3 Å². The van der Waals surface area contributed by atoms with Crippen LogP contribution in [0.25, 0.3) is 11.5 Å². The fourth-order valence-electron chi connectivity index (χ4n) is 2.56. The van der Waals surface area contributed by atoms with E-state index < -0.39 is 0 Å². The Morgan fingerprint density at radius 3 is 2.69 bits per heavy atom. The van der Waals surface area contributed by atoms with Crippen LogP contribution in [0, 0.1) is 0 Å². The minimum absolute atomic E-state index is 0.139. The molecule has 0 aliphatic carbocycles. The highest BCUT2D eigenvalue weighted by molar-refractivity contribution is 7.08. The number of rotatable bonds is 7. The zero-order valence-corrected chi connectivity index (χ0v) is 16.7. The Morgan fingerprint density at radius 1 is 1.10 bits per heavy atom. The van der Waals surface area contributed by atoms with Gasteiger partial charge in [0.05, 0.1) is 5.02 Å². The number of carbonyl (C=O) groups is 1. The van der Waals surface area contributed by atoms with E-state index in [1.807, 2.05) is 29.0 Å². The Labute approximate surface area is 176 Å². The number of carbonyl (C=O) groups excluding carboxylic acids is 1. The predicted octanol–water partition coefficient (Wildman–Crippen LogP) is 5.82. The Bertz CT molecular complexity index is 1090. The second kappa shape index (κ2) is 8.89. The molecular formula is C21H16ClN3O3S. The number of aromatic nitrogens is 2. The van der Waals surface area contributed by atoms with Crippen LogP contribution in [0.5, 0.6) is 11.5 Å². The van der Waals surface area contributed by atoms with Gasteiger partial charge in [-0.25, -0.2) is 0 Å².